The molecule has 0 aliphatic heterocycles. The maximum absolute atomic E-state index is 13.6. The van der Waals surface area contributed by atoms with Crippen molar-refractivity contribution in [3.63, 3.8) is 0 Å². The van der Waals surface area contributed by atoms with Crippen LogP contribution in [0.5, 0.6) is 5.75 Å². The summed E-state index contributed by atoms with van der Waals surface area (Å²) in [6.07, 6.45) is 0.403. The average molecular weight is 595 g/mol. The lowest BCUT2D eigenvalue weighted by atomic mass is 9.85. The van der Waals surface area contributed by atoms with Crippen LogP contribution in [-0.2, 0) is 32.3 Å². The Morgan fingerprint density at radius 3 is 1.86 bits per heavy atom. The fourth-order valence-electron chi connectivity index (χ4n) is 5.44. The van der Waals surface area contributed by atoms with Gasteiger partial charge < -0.3 is 9.47 Å². The normalized spacial score (nSPS) is 13.1. The van der Waals surface area contributed by atoms with E-state index in [2.05, 4.69) is 36.1 Å². The summed E-state index contributed by atoms with van der Waals surface area (Å²) >= 11 is 0. The number of hydrogen-bond acceptors (Lipinski definition) is 6. The average Bonchev–Trinajstić information content (AvgIpc) is 3.08. The first-order valence-corrected chi connectivity index (χ1v) is 14.9. The fraction of sp³-hybridized carbons (Fsp3) is 0.297. The molecule has 4 aromatic rings. The number of carbonyl (C=O) groups is 2. The third kappa shape index (κ3) is 8.78. The van der Waals surface area contributed by atoms with Crippen molar-refractivity contribution in [1.29, 1.82) is 0 Å². The predicted molar refractivity (Wildman–Crippen MR) is 171 cm³/mol. The largest absolute Gasteiger partial charge is 0.489 e. The molecule has 0 aromatic heterocycles. The van der Waals surface area contributed by atoms with Gasteiger partial charge in [0.2, 0.25) is 5.91 Å². The van der Waals surface area contributed by atoms with Gasteiger partial charge in [0.05, 0.1) is 20.1 Å². The number of amides is 1. The molecule has 7 heteroatoms. The van der Waals surface area contributed by atoms with E-state index in [9.17, 15) is 9.59 Å². The highest BCUT2D eigenvalue weighted by atomic mass is 16.7. The van der Waals surface area contributed by atoms with Crippen molar-refractivity contribution in [2.24, 2.45) is 5.92 Å². The summed E-state index contributed by atoms with van der Waals surface area (Å²) in [5, 5.41) is 1.19. The van der Waals surface area contributed by atoms with Crippen molar-refractivity contribution in [1.82, 2.24) is 9.96 Å². The van der Waals surface area contributed by atoms with Gasteiger partial charge in [0.1, 0.15) is 12.4 Å². The Morgan fingerprint density at radius 2 is 1.30 bits per heavy atom. The molecule has 0 heterocycles. The standard InChI is InChI=1S/C37H42N2O5/c1-28(31-18-12-7-13-19-31)39(26-29-14-8-5-9-15-29)36(34(37(41)42-3)24-25-35(40)38(2)43-4)32-20-22-33(23-21-32)44-27-30-16-10-6-11-17-30/h5-23,28,34,36H,24-27H2,1-4H3/t28-,34+,36-/m1/s1. The Kier molecular flexibility index (Phi) is 12.1. The first-order chi connectivity index (χ1) is 21.4. The highest BCUT2D eigenvalue weighted by molar-refractivity contribution is 5.77. The van der Waals surface area contributed by atoms with Crippen molar-refractivity contribution in [3.05, 3.63) is 138 Å². The molecule has 3 atom stereocenters. The number of ether oxygens (including phenoxy) is 2. The van der Waals surface area contributed by atoms with Gasteiger partial charge in [0.25, 0.3) is 0 Å². The van der Waals surface area contributed by atoms with Crippen molar-refractivity contribution in [2.75, 3.05) is 21.3 Å². The zero-order valence-corrected chi connectivity index (χ0v) is 26.0. The van der Waals surface area contributed by atoms with Crippen LogP contribution in [0.4, 0.5) is 0 Å². The van der Waals surface area contributed by atoms with Crippen LogP contribution in [0.3, 0.4) is 0 Å². The van der Waals surface area contributed by atoms with Crippen molar-refractivity contribution in [3.8, 4) is 5.75 Å². The number of esters is 1. The van der Waals surface area contributed by atoms with E-state index in [4.69, 9.17) is 14.3 Å². The second kappa shape index (κ2) is 16.4. The van der Waals surface area contributed by atoms with Crippen LogP contribution >= 0.6 is 0 Å². The summed E-state index contributed by atoms with van der Waals surface area (Å²) in [4.78, 5) is 33.8. The maximum atomic E-state index is 13.6. The minimum Gasteiger partial charge on any atom is -0.489 e. The summed E-state index contributed by atoms with van der Waals surface area (Å²) in [6.45, 7) is 3.18. The second-order valence-corrected chi connectivity index (χ2v) is 10.8. The van der Waals surface area contributed by atoms with Gasteiger partial charge in [-0.25, -0.2) is 5.06 Å². The maximum Gasteiger partial charge on any atom is 0.310 e. The Morgan fingerprint density at radius 1 is 0.727 bits per heavy atom. The molecule has 4 rings (SSSR count). The van der Waals surface area contributed by atoms with E-state index in [1.54, 1.807) is 7.05 Å². The Bertz CT molecular complexity index is 1430. The van der Waals surface area contributed by atoms with Gasteiger partial charge in [0.15, 0.2) is 0 Å². The van der Waals surface area contributed by atoms with Crippen LogP contribution in [0, 0.1) is 5.92 Å². The molecule has 0 aliphatic rings. The third-order valence-corrected chi connectivity index (χ3v) is 7.99. The SMILES string of the molecule is COC(=O)[C@@H](CCC(=O)N(C)OC)[C@@H](c1ccc(OCc2ccccc2)cc1)N(Cc1ccccc1)[C@H](C)c1ccccc1. The van der Waals surface area contributed by atoms with Crippen molar-refractivity contribution in [2.45, 2.75) is 45.0 Å². The first kappa shape index (κ1) is 32.5. The van der Waals surface area contributed by atoms with E-state index in [0.29, 0.717) is 13.2 Å². The van der Waals surface area contributed by atoms with E-state index in [1.165, 1.54) is 19.3 Å². The molecule has 0 saturated heterocycles. The Balaban J connectivity index is 1.75. The molecular formula is C37H42N2O5. The number of benzene rings is 4. The quantitative estimate of drug-likeness (QED) is 0.107. The molecular weight excluding hydrogens is 552 g/mol. The molecule has 0 radical (unpaired) electrons. The highest BCUT2D eigenvalue weighted by Crippen LogP contribution is 2.40. The predicted octanol–water partition coefficient (Wildman–Crippen LogP) is 7.16. The first-order valence-electron chi connectivity index (χ1n) is 14.9. The summed E-state index contributed by atoms with van der Waals surface area (Å²) in [5.41, 5.74) is 4.24. The lowest BCUT2D eigenvalue weighted by Gasteiger charge is -2.40. The van der Waals surface area contributed by atoms with E-state index >= 15 is 0 Å². The molecule has 44 heavy (non-hydrogen) atoms. The fourth-order valence-corrected chi connectivity index (χ4v) is 5.44. The van der Waals surface area contributed by atoms with Gasteiger partial charge in [-0.05, 0) is 47.7 Å². The number of nitrogens with zero attached hydrogens (tertiary/aromatic N) is 2. The monoisotopic (exact) mass is 594 g/mol. The molecule has 4 aromatic carbocycles. The van der Waals surface area contributed by atoms with E-state index in [1.807, 2.05) is 91.0 Å². The minimum absolute atomic E-state index is 0.0695. The van der Waals surface area contributed by atoms with Gasteiger partial charge in [0, 0.05) is 32.1 Å². The highest BCUT2D eigenvalue weighted by Gasteiger charge is 2.38. The number of methoxy groups -OCH3 is 1. The minimum atomic E-state index is -0.639. The van der Waals surface area contributed by atoms with Gasteiger partial charge in [-0.1, -0.05) is 103 Å². The summed E-state index contributed by atoms with van der Waals surface area (Å²) in [7, 11) is 4.42. The zero-order valence-electron chi connectivity index (χ0n) is 26.0. The smallest absolute Gasteiger partial charge is 0.310 e. The summed E-state index contributed by atoms with van der Waals surface area (Å²) in [5.74, 6) is -0.491. The molecule has 0 unspecified atom stereocenters. The summed E-state index contributed by atoms with van der Waals surface area (Å²) in [6, 6.07) is 37.9. The van der Waals surface area contributed by atoms with E-state index in [-0.39, 0.29) is 30.8 Å². The van der Waals surface area contributed by atoms with Crippen LogP contribution in [0.1, 0.15) is 54.1 Å². The van der Waals surface area contributed by atoms with Crippen LogP contribution in [0.25, 0.3) is 0 Å². The lowest BCUT2D eigenvalue weighted by Crippen LogP contribution is -2.39. The van der Waals surface area contributed by atoms with Crippen molar-refractivity contribution >= 4 is 11.9 Å². The molecule has 0 N–H and O–H groups in total. The molecule has 0 aliphatic carbocycles. The van der Waals surface area contributed by atoms with Gasteiger partial charge in [-0.3, -0.25) is 19.3 Å². The van der Waals surface area contributed by atoms with Gasteiger partial charge >= 0.3 is 5.97 Å². The summed E-state index contributed by atoms with van der Waals surface area (Å²) < 4.78 is 11.5. The van der Waals surface area contributed by atoms with Crippen molar-refractivity contribution < 1.29 is 23.9 Å². The Labute approximate surface area is 260 Å². The third-order valence-electron chi connectivity index (χ3n) is 7.99. The molecule has 0 spiro atoms. The van der Waals surface area contributed by atoms with Gasteiger partial charge in [-0.2, -0.15) is 0 Å². The molecule has 0 fully saturated rings. The molecule has 7 nitrogen and oxygen atoms in total. The second-order valence-electron chi connectivity index (χ2n) is 10.8. The van der Waals surface area contributed by atoms with Crippen LogP contribution in [0.2, 0.25) is 0 Å². The number of hydroxylamine groups is 2. The van der Waals surface area contributed by atoms with Crippen LogP contribution < -0.4 is 4.74 Å². The lowest BCUT2D eigenvalue weighted by molar-refractivity contribution is -0.169. The molecule has 0 saturated carbocycles. The topological polar surface area (TPSA) is 68.3 Å². The zero-order chi connectivity index (χ0) is 31.3. The van der Waals surface area contributed by atoms with Crippen LogP contribution in [0.15, 0.2) is 115 Å². The van der Waals surface area contributed by atoms with Crippen LogP contribution in [-0.4, -0.2) is 43.1 Å². The molecule has 1 amide bonds. The number of rotatable bonds is 15. The molecule has 0 bridgehead atoms. The van der Waals surface area contributed by atoms with E-state index < -0.39 is 12.0 Å². The molecule has 230 valence electrons. The number of hydrogen-bond donors (Lipinski definition) is 0. The number of carbonyl (C=O) groups excluding carboxylic acids is 2. The Hall–Kier alpha value is -4.46. The van der Waals surface area contributed by atoms with E-state index in [0.717, 1.165) is 28.0 Å². The van der Waals surface area contributed by atoms with Gasteiger partial charge in [-0.15, -0.1) is 0 Å².